The van der Waals surface area contributed by atoms with Gasteiger partial charge in [-0.15, -0.1) is 0 Å². The third-order valence-corrected chi connectivity index (χ3v) is 4.01. The first kappa shape index (κ1) is 15.9. The van der Waals surface area contributed by atoms with Gasteiger partial charge in [-0.2, -0.15) is 13.2 Å². The molecule has 0 aliphatic heterocycles. The van der Waals surface area contributed by atoms with Gasteiger partial charge in [-0.25, -0.2) is 13.1 Å². The minimum absolute atomic E-state index is 0.0827. The van der Waals surface area contributed by atoms with Gasteiger partial charge < -0.3 is 5.73 Å². The lowest BCUT2D eigenvalue weighted by molar-refractivity contribution is -0.132. The number of hydrogen-bond acceptors (Lipinski definition) is 3. The average Bonchev–Trinajstić information content (AvgIpc) is 2.27. The Balaban J connectivity index is 2.83. The van der Waals surface area contributed by atoms with E-state index < -0.39 is 29.2 Å². The fraction of sp³-hybridized carbons (Fsp3) is 0.455. The predicted molar refractivity (Wildman–Crippen MR) is 64.9 cm³/mol. The first-order valence-corrected chi connectivity index (χ1v) is 7.00. The zero-order valence-electron chi connectivity index (χ0n) is 10.3. The number of alkyl halides is 3. The summed E-state index contributed by atoms with van der Waals surface area (Å²) in [4.78, 5) is -0.0827. The van der Waals surface area contributed by atoms with E-state index in [1.54, 1.807) is 13.0 Å². The maximum Gasteiger partial charge on any atom is 0.390 e. The second-order valence-electron chi connectivity index (χ2n) is 4.06. The quantitative estimate of drug-likeness (QED) is 0.868. The maximum atomic E-state index is 12.0. The molecule has 8 heteroatoms. The molecular weight excluding hydrogens is 281 g/mol. The highest BCUT2D eigenvalue weighted by atomic mass is 32.2. The van der Waals surface area contributed by atoms with Gasteiger partial charge in [0.1, 0.15) is 0 Å². The lowest BCUT2D eigenvalue weighted by atomic mass is 10.1. The van der Waals surface area contributed by atoms with Gasteiger partial charge in [-0.05, 0) is 30.2 Å². The highest BCUT2D eigenvalue weighted by Crippen LogP contribution is 2.19. The topological polar surface area (TPSA) is 72.2 Å². The zero-order chi connectivity index (χ0) is 14.7. The Morgan fingerprint density at radius 1 is 1.32 bits per heavy atom. The van der Waals surface area contributed by atoms with Crippen LogP contribution < -0.4 is 10.5 Å². The standard InChI is InChI=1S/C11H15F3N2O2S/c1-8-2-3-10(6-9(8)7-15)19(17,18)16-5-4-11(12,13)14/h2-3,6,16H,4-5,7,15H2,1H3. The van der Waals surface area contributed by atoms with Gasteiger partial charge in [0.05, 0.1) is 11.3 Å². The number of nitrogens with two attached hydrogens (primary N) is 1. The summed E-state index contributed by atoms with van der Waals surface area (Å²) < 4.78 is 61.3. The van der Waals surface area contributed by atoms with E-state index in [0.29, 0.717) is 5.56 Å². The van der Waals surface area contributed by atoms with Crippen molar-refractivity contribution in [3.8, 4) is 0 Å². The molecule has 0 unspecified atom stereocenters. The molecule has 0 spiro atoms. The summed E-state index contributed by atoms with van der Waals surface area (Å²) in [7, 11) is -3.94. The Bertz CT molecular complexity index is 541. The van der Waals surface area contributed by atoms with Crippen LogP contribution in [0.2, 0.25) is 0 Å². The van der Waals surface area contributed by atoms with Crippen LogP contribution in [0.1, 0.15) is 17.5 Å². The molecule has 3 N–H and O–H groups in total. The molecule has 0 heterocycles. The highest BCUT2D eigenvalue weighted by molar-refractivity contribution is 7.89. The highest BCUT2D eigenvalue weighted by Gasteiger charge is 2.27. The number of hydrogen-bond donors (Lipinski definition) is 2. The summed E-state index contributed by atoms with van der Waals surface area (Å²) in [6, 6.07) is 4.27. The van der Waals surface area contributed by atoms with Crippen LogP contribution in [0.3, 0.4) is 0 Å². The van der Waals surface area contributed by atoms with Crippen molar-refractivity contribution in [2.24, 2.45) is 5.73 Å². The number of halogens is 3. The smallest absolute Gasteiger partial charge is 0.326 e. The Kier molecular flexibility index (Phi) is 4.94. The normalized spacial score (nSPS) is 12.7. The van der Waals surface area contributed by atoms with Crippen molar-refractivity contribution in [2.75, 3.05) is 6.54 Å². The van der Waals surface area contributed by atoms with Crippen molar-refractivity contribution in [2.45, 2.75) is 31.0 Å². The van der Waals surface area contributed by atoms with E-state index in [1.807, 2.05) is 4.72 Å². The molecule has 0 aromatic heterocycles. The number of nitrogens with one attached hydrogen (secondary N) is 1. The van der Waals surface area contributed by atoms with E-state index in [-0.39, 0.29) is 11.4 Å². The molecule has 4 nitrogen and oxygen atoms in total. The summed E-state index contributed by atoms with van der Waals surface area (Å²) in [5, 5.41) is 0. The first-order chi connectivity index (χ1) is 8.65. The van der Waals surface area contributed by atoms with Crippen molar-refractivity contribution in [1.82, 2.24) is 4.72 Å². The lowest BCUT2D eigenvalue weighted by Gasteiger charge is -2.10. The molecule has 0 fully saturated rings. The summed E-state index contributed by atoms with van der Waals surface area (Å²) >= 11 is 0. The van der Waals surface area contributed by atoms with E-state index in [2.05, 4.69) is 0 Å². The first-order valence-electron chi connectivity index (χ1n) is 5.52. The molecular formula is C11H15F3N2O2S. The molecule has 1 aromatic carbocycles. The Hall–Kier alpha value is -1.12. The number of benzene rings is 1. The Labute approximate surface area is 109 Å². The molecule has 0 aliphatic rings. The van der Waals surface area contributed by atoms with E-state index in [0.717, 1.165) is 5.56 Å². The van der Waals surface area contributed by atoms with Crippen LogP contribution in [0.5, 0.6) is 0 Å². The third-order valence-electron chi connectivity index (χ3n) is 2.55. The molecule has 1 rings (SSSR count). The minimum atomic E-state index is -4.39. The van der Waals surface area contributed by atoms with E-state index in [1.165, 1.54) is 12.1 Å². The van der Waals surface area contributed by atoms with Crippen LogP contribution in [0, 0.1) is 6.92 Å². The van der Waals surface area contributed by atoms with Gasteiger partial charge in [-0.3, -0.25) is 0 Å². The van der Waals surface area contributed by atoms with Crippen LogP contribution in [-0.2, 0) is 16.6 Å². The summed E-state index contributed by atoms with van der Waals surface area (Å²) in [6.07, 6.45) is -5.60. The summed E-state index contributed by atoms with van der Waals surface area (Å²) in [5.41, 5.74) is 6.92. The van der Waals surface area contributed by atoms with Crippen molar-refractivity contribution < 1.29 is 21.6 Å². The second-order valence-corrected chi connectivity index (χ2v) is 5.82. The van der Waals surface area contributed by atoms with E-state index in [9.17, 15) is 21.6 Å². The van der Waals surface area contributed by atoms with Crippen molar-refractivity contribution in [3.63, 3.8) is 0 Å². The number of aryl methyl sites for hydroxylation is 1. The SMILES string of the molecule is Cc1ccc(S(=O)(=O)NCCC(F)(F)F)cc1CN. The van der Waals surface area contributed by atoms with Gasteiger partial charge in [0, 0.05) is 13.1 Å². The van der Waals surface area contributed by atoms with Crippen LogP contribution >= 0.6 is 0 Å². The molecule has 0 bridgehead atoms. The lowest BCUT2D eigenvalue weighted by Crippen LogP contribution is -2.28. The molecule has 108 valence electrons. The third kappa shape index (κ3) is 4.81. The minimum Gasteiger partial charge on any atom is -0.326 e. The second kappa shape index (κ2) is 5.89. The zero-order valence-corrected chi connectivity index (χ0v) is 11.1. The molecule has 0 atom stereocenters. The van der Waals surface area contributed by atoms with Crippen molar-refractivity contribution in [3.05, 3.63) is 29.3 Å². The average molecular weight is 296 g/mol. The van der Waals surface area contributed by atoms with Gasteiger partial charge in [-0.1, -0.05) is 6.07 Å². The fourth-order valence-electron chi connectivity index (χ4n) is 1.45. The Morgan fingerprint density at radius 3 is 2.47 bits per heavy atom. The van der Waals surface area contributed by atoms with Gasteiger partial charge in [0.25, 0.3) is 0 Å². The monoisotopic (exact) mass is 296 g/mol. The summed E-state index contributed by atoms with van der Waals surface area (Å²) in [6.45, 7) is 1.26. The van der Waals surface area contributed by atoms with Crippen LogP contribution in [0.15, 0.2) is 23.1 Å². The number of rotatable bonds is 5. The van der Waals surface area contributed by atoms with Crippen LogP contribution in [-0.4, -0.2) is 21.1 Å². The van der Waals surface area contributed by atoms with Crippen LogP contribution in [0.4, 0.5) is 13.2 Å². The molecule has 1 aromatic rings. The fourth-order valence-corrected chi connectivity index (χ4v) is 2.53. The largest absolute Gasteiger partial charge is 0.390 e. The van der Waals surface area contributed by atoms with Gasteiger partial charge in [0.2, 0.25) is 10.0 Å². The molecule has 0 aliphatic carbocycles. The molecule has 0 radical (unpaired) electrons. The Morgan fingerprint density at radius 2 is 1.95 bits per heavy atom. The van der Waals surface area contributed by atoms with Crippen molar-refractivity contribution >= 4 is 10.0 Å². The van der Waals surface area contributed by atoms with Crippen LogP contribution in [0.25, 0.3) is 0 Å². The molecule has 0 saturated carbocycles. The molecule has 0 amide bonds. The number of sulfonamides is 1. The van der Waals surface area contributed by atoms with E-state index in [4.69, 9.17) is 5.73 Å². The molecule has 19 heavy (non-hydrogen) atoms. The molecule has 0 saturated heterocycles. The van der Waals surface area contributed by atoms with Gasteiger partial charge in [0.15, 0.2) is 0 Å². The maximum absolute atomic E-state index is 12.0. The predicted octanol–water partition coefficient (Wildman–Crippen LogP) is 1.68. The van der Waals surface area contributed by atoms with E-state index >= 15 is 0 Å². The van der Waals surface area contributed by atoms with Crippen molar-refractivity contribution in [1.29, 1.82) is 0 Å². The summed E-state index contributed by atoms with van der Waals surface area (Å²) in [5.74, 6) is 0. The van der Waals surface area contributed by atoms with Gasteiger partial charge >= 0.3 is 6.18 Å².